The van der Waals surface area contributed by atoms with Gasteiger partial charge >= 0.3 is 0 Å². The molecule has 5 unspecified atom stereocenters. The maximum atomic E-state index is 12.3. The molecule has 5 N–H and O–H groups in total. The first-order valence-corrected chi connectivity index (χ1v) is 14.7. The van der Waals surface area contributed by atoms with Crippen molar-refractivity contribution < 1.29 is 53.3 Å². The SMILES string of the molecule is CO[C@@H]1[C@H](OC(C)C)[C@@H](COC(C)C)O[C@H]1CCCNC(=O)CCCCOC1OC(CO)C(O)C(O)C1NC(C)=O. The van der Waals surface area contributed by atoms with Gasteiger partial charge in [0.1, 0.15) is 42.7 Å². The van der Waals surface area contributed by atoms with Gasteiger partial charge in [-0.1, -0.05) is 0 Å². The minimum Gasteiger partial charge on any atom is -0.394 e. The molecule has 2 aliphatic heterocycles. The second-order valence-corrected chi connectivity index (χ2v) is 11.2. The lowest BCUT2D eigenvalue weighted by molar-refractivity contribution is -0.270. The van der Waals surface area contributed by atoms with Gasteiger partial charge in [-0.25, -0.2) is 0 Å². The van der Waals surface area contributed by atoms with Crippen molar-refractivity contribution in [1.29, 1.82) is 0 Å². The van der Waals surface area contributed by atoms with E-state index in [2.05, 4.69) is 10.6 Å². The number of nitrogens with one attached hydrogen (secondary N) is 2. The monoisotopic (exact) mass is 592 g/mol. The van der Waals surface area contributed by atoms with E-state index in [0.717, 1.165) is 6.42 Å². The van der Waals surface area contributed by atoms with Crippen LogP contribution in [0, 0.1) is 0 Å². The van der Waals surface area contributed by atoms with Crippen molar-refractivity contribution in [3.8, 4) is 0 Å². The molecule has 0 aliphatic carbocycles. The predicted molar refractivity (Wildman–Crippen MR) is 148 cm³/mol. The lowest BCUT2D eigenvalue weighted by atomic mass is 9.97. The summed E-state index contributed by atoms with van der Waals surface area (Å²) < 4.78 is 35.1. The number of carbonyl (C=O) groups is 2. The molecule has 0 saturated carbocycles. The first-order chi connectivity index (χ1) is 19.5. The molecule has 2 rings (SSSR count). The minimum atomic E-state index is -1.36. The molecular weight excluding hydrogens is 540 g/mol. The van der Waals surface area contributed by atoms with E-state index < -0.39 is 43.2 Å². The molecule has 41 heavy (non-hydrogen) atoms. The Hall–Kier alpha value is -1.42. The third-order valence-electron chi connectivity index (χ3n) is 7.02. The van der Waals surface area contributed by atoms with Gasteiger partial charge in [0.15, 0.2) is 6.29 Å². The number of hydrogen-bond donors (Lipinski definition) is 5. The highest BCUT2D eigenvalue weighted by molar-refractivity contribution is 5.75. The van der Waals surface area contributed by atoms with Crippen LogP contribution < -0.4 is 10.6 Å². The van der Waals surface area contributed by atoms with Crippen LogP contribution in [0.4, 0.5) is 0 Å². The normalized spacial score (nSPS) is 32.0. The van der Waals surface area contributed by atoms with Crippen molar-refractivity contribution >= 4 is 11.8 Å². The van der Waals surface area contributed by atoms with E-state index in [-0.39, 0.29) is 49.1 Å². The lowest BCUT2D eigenvalue weighted by Gasteiger charge is -2.42. The fourth-order valence-corrected chi connectivity index (χ4v) is 5.04. The zero-order valence-corrected chi connectivity index (χ0v) is 25.3. The molecule has 0 bridgehead atoms. The predicted octanol–water partition coefficient (Wildman–Crippen LogP) is 0.0144. The van der Waals surface area contributed by atoms with Gasteiger partial charge in [0.25, 0.3) is 0 Å². The Morgan fingerprint density at radius 2 is 1.66 bits per heavy atom. The molecule has 2 aliphatic rings. The van der Waals surface area contributed by atoms with Crippen LogP contribution in [-0.2, 0) is 38.0 Å². The van der Waals surface area contributed by atoms with E-state index in [9.17, 15) is 24.9 Å². The maximum absolute atomic E-state index is 12.3. The van der Waals surface area contributed by atoms with Gasteiger partial charge in [0.05, 0.1) is 31.5 Å². The third kappa shape index (κ3) is 11.6. The summed E-state index contributed by atoms with van der Waals surface area (Å²) in [5, 5.41) is 35.2. The van der Waals surface area contributed by atoms with Crippen molar-refractivity contribution in [2.75, 3.05) is 33.5 Å². The fourth-order valence-electron chi connectivity index (χ4n) is 5.04. The molecule has 2 saturated heterocycles. The molecule has 0 aromatic heterocycles. The Labute approximate surface area is 243 Å². The van der Waals surface area contributed by atoms with E-state index in [1.54, 1.807) is 7.11 Å². The van der Waals surface area contributed by atoms with Crippen molar-refractivity contribution in [2.24, 2.45) is 0 Å². The van der Waals surface area contributed by atoms with Crippen molar-refractivity contribution in [3.63, 3.8) is 0 Å². The van der Waals surface area contributed by atoms with Crippen LogP contribution in [0.3, 0.4) is 0 Å². The number of ether oxygens (including phenoxy) is 6. The van der Waals surface area contributed by atoms with E-state index in [1.807, 2.05) is 27.7 Å². The number of rotatable bonds is 18. The Kier molecular flexibility index (Phi) is 16.0. The quantitative estimate of drug-likeness (QED) is 0.136. The second-order valence-electron chi connectivity index (χ2n) is 11.2. The molecule has 0 radical (unpaired) electrons. The highest BCUT2D eigenvalue weighted by Crippen LogP contribution is 2.30. The lowest BCUT2D eigenvalue weighted by Crippen LogP contribution is -2.64. The summed E-state index contributed by atoms with van der Waals surface area (Å²) in [5.41, 5.74) is 0. The van der Waals surface area contributed by atoms with Crippen LogP contribution in [0.15, 0.2) is 0 Å². The van der Waals surface area contributed by atoms with E-state index in [4.69, 9.17) is 28.4 Å². The first kappa shape index (κ1) is 35.8. The van der Waals surface area contributed by atoms with Crippen molar-refractivity contribution in [2.45, 2.75) is 134 Å². The van der Waals surface area contributed by atoms with Gasteiger partial charge in [0.2, 0.25) is 11.8 Å². The van der Waals surface area contributed by atoms with Gasteiger partial charge < -0.3 is 54.4 Å². The highest BCUT2D eigenvalue weighted by atomic mass is 16.7. The third-order valence-corrected chi connectivity index (χ3v) is 7.02. The van der Waals surface area contributed by atoms with Crippen LogP contribution in [0.25, 0.3) is 0 Å². The molecule has 2 amide bonds. The summed E-state index contributed by atoms with van der Waals surface area (Å²) in [5.74, 6) is -0.493. The van der Waals surface area contributed by atoms with E-state index in [0.29, 0.717) is 38.8 Å². The number of methoxy groups -OCH3 is 1. The zero-order valence-electron chi connectivity index (χ0n) is 25.3. The Morgan fingerprint density at radius 3 is 2.27 bits per heavy atom. The molecule has 2 fully saturated rings. The fraction of sp³-hybridized carbons (Fsp3) is 0.929. The number of unbranched alkanes of at least 4 members (excludes halogenated alkanes) is 1. The first-order valence-electron chi connectivity index (χ1n) is 14.7. The molecule has 9 atom stereocenters. The van der Waals surface area contributed by atoms with Crippen LogP contribution in [0.1, 0.15) is 66.7 Å². The average Bonchev–Trinajstić information content (AvgIpc) is 3.23. The molecule has 0 aromatic rings. The molecular formula is C28H52N2O11. The van der Waals surface area contributed by atoms with Crippen LogP contribution in [0.5, 0.6) is 0 Å². The molecule has 0 aromatic carbocycles. The molecule has 2 heterocycles. The summed E-state index contributed by atoms with van der Waals surface area (Å²) in [6.07, 6.45) is -2.70. The molecule has 0 spiro atoms. The van der Waals surface area contributed by atoms with Crippen LogP contribution >= 0.6 is 0 Å². The summed E-state index contributed by atoms with van der Waals surface area (Å²) in [4.78, 5) is 23.8. The van der Waals surface area contributed by atoms with Gasteiger partial charge in [-0.3, -0.25) is 9.59 Å². The topological polar surface area (TPSA) is 174 Å². The molecule has 13 heteroatoms. The Bertz CT molecular complexity index is 771. The van der Waals surface area contributed by atoms with Gasteiger partial charge in [-0.05, 0) is 53.4 Å². The summed E-state index contributed by atoms with van der Waals surface area (Å²) >= 11 is 0. The Morgan fingerprint density at radius 1 is 0.927 bits per heavy atom. The number of aliphatic hydroxyl groups excluding tert-OH is 3. The number of hydrogen-bond acceptors (Lipinski definition) is 11. The second kappa shape index (κ2) is 18.3. The maximum Gasteiger partial charge on any atom is 0.219 e. The minimum absolute atomic E-state index is 0.0250. The average molecular weight is 593 g/mol. The van der Waals surface area contributed by atoms with Gasteiger partial charge in [-0.15, -0.1) is 0 Å². The molecule has 240 valence electrons. The zero-order chi connectivity index (χ0) is 30.5. The highest BCUT2D eigenvalue weighted by Gasteiger charge is 2.46. The van der Waals surface area contributed by atoms with E-state index in [1.165, 1.54) is 6.92 Å². The summed E-state index contributed by atoms with van der Waals surface area (Å²) in [6.45, 7) is 9.83. The molecule has 13 nitrogen and oxygen atoms in total. The van der Waals surface area contributed by atoms with Gasteiger partial charge in [0, 0.05) is 33.6 Å². The number of carbonyl (C=O) groups excluding carboxylic acids is 2. The number of amides is 2. The summed E-state index contributed by atoms with van der Waals surface area (Å²) in [6, 6.07) is -0.986. The largest absolute Gasteiger partial charge is 0.394 e. The Balaban J connectivity index is 1.69. The van der Waals surface area contributed by atoms with Gasteiger partial charge in [-0.2, -0.15) is 0 Å². The number of aliphatic hydroxyl groups is 3. The summed E-state index contributed by atoms with van der Waals surface area (Å²) in [7, 11) is 1.66. The van der Waals surface area contributed by atoms with Crippen molar-refractivity contribution in [3.05, 3.63) is 0 Å². The van der Waals surface area contributed by atoms with Crippen LogP contribution in [-0.4, -0.2) is 128 Å². The van der Waals surface area contributed by atoms with Crippen LogP contribution in [0.2, 0.25) is 0 Å². The standard InChI is InChI=1S/C28H52N2O11/c1-16(2)38-15-21-27(39-17(3)4)26(36-6)19(40-21)10-9-12-29-22(33)11-7-8-13-37-28-23(30-18(5)32)25(35)24(34)20(14-31)41-28/h16-17,19-21,23-28,31,34-35H,7-15H2,1-6H3,(H,29,33)(H,30,32)/t19-,20?,21+,23?,24?,25?,26-,27+,28?/m0/s1. The van der Waals surface area contributed by atoms with Crippen molar-refractivity contribution in [1.82, 2.24) is 10.6 Å². The smallest absolute Gasteiger partial charge is 0.219 e. The van der Waals surface area contributed by atoms with E-state index >= 15 is 0 Å².